The number of rotatable bonds is 5. The molecule has 138 valence electrons. The van der Waals surface area contributed by atoms with Crippen molar-refractivity contribution < 1.29 is 22.1 Å². The summed E-state index contributed by atoms with van der Waals surface area (Å²) in [5.41, 5.74) is 12.6. The van der Waals surface area contributed by atoms with Gasteiger partial charge in [0.25, 0.3) is 0 Å². The maximum atomic E-state index is 8.99. The third-order valence-corrected chi connectivity index (χ3v) is 4.38. The molecule has 1 heterocycles. The average Bonchev–Trinajstić information content (AvgIpc) is 2.67. The van der Waals surface area contributed by atoms with Gasteiger partial charge in [-0.25, -0.2) is 4.98 Å². The molecule has 27 heavy (non-hydrogen) atoms. The van der Waals surface area contributed by atoms with Crippen LogP contribution >= 0.6 is 0 Å². The van der Waals surface area contributed by atoms with Gasteiger partial charge in [0.15, 0.2) is 0 Å². The predicted octanol–water partition coefficient (Wildman–Crippen LogP) is 0.0452. The number of aliphatic hydroxyl groups excluding tert-OH is 1. The van der Waals surface area contributed by atoms with E-state index in [9.17, 15) is 0 Å². The van der Waals surface area contributed by atoms with Crippen LogP contribution in [0.15, 0.2) is 66.7 Å². The summed E-state index contributed by atoms with van der Waals surface area (Å²) in [6.07, 6.45) is 0.712. The second-order valence-electron chi connectivity index (χ2n) is 6.24. The van der Waals surface area contributed by atoms with E-state index < -0.39 is 0 Å². The van der Waals surface area contributed by atoms with Gasteiger partial charge in [0.2, 0.25) is 16.7 Å². The van der Waals surface area contributed by atoms with Crippen molar-refractivity contribution in [2.75, 3.05) is 24.2 Å². The van der Waals surface area contributed by atoms with E-state index in [1.165, 1.54) is 0 Å². The quantitative estimate of drug-likeness (QED) is 0.198. The third-order valence-electron chi connectivity index (χ3n) is 4.38. The summed E-state index contributed by atoms with van der Waals surface area (Å²) in [7, 11) is 0. The Morgan fingerprint density at radius 3 is 2.37 bits per heavy atom. The highest BCUT2D eigenvalue weighted by atomic mass is 35.5. The number of anilines is 2. The lowest BCUT2D eigenvalue weighted by molar-refractivity contribution is -0.538. The summed E-state index contributed by atoms with van der Waals surface area (Å²) >= 11 is 0. The molecular weight excluding hydrogens is 360 g/mol. The highest BCUT2D eigenvalue weighted by Gasteiger charge is 2.19. The highest BCUT2D eigenvalue weighted by Crippen LogP contribution is 2.22. The first-order valence-corrected chi connectivity index (χ1v) is 8.71. The molecule has 4 rings (SSSR count). The summed E-state index contributed by atoms with van der Waals surface area (Å²) in [6, 6.07) is 22.1. The van der Waals surface area contributed by atoms with Crippen molar-refractivity contribution in [2.45, 2.75) is 6.42 Å². The van der Waals surface area contributed by atoms with Crippen molar-refractivity contribution in [2.24, 2.45) is 0 Å². The molecule has 0 spiro atoms. The molecule has 0 saturated carbocycles. The van der Waals surface area contributed by atoms with Crippen molar-refractivity contribution in [1.82, 2.24) is 4.98 Å². The van der Waals surface area contributed by atoms with Gasteiger partial charge in [-0.15, -0.1) is 4.57 Å². The molecule has 4 aromatic rings. The van der Waals surface area contributed by atoms with Gasteiger partial charge in [-0.3, -0.25) is 0 Å². The summed E-state index contributed by atoms with van der Waals surface area (Å²) in [5, 5.41) is 12.3. The lowest BCUT2D eigenvalue weighted by atomic mass is 10.2. The van der Waals surface area contributed by atoms with E-state index in [0.29, 0.717) is 12.1 Å². The average molecular weight is 381 g/mol. The van der Waals surface area contributed by atoms with E-state index >= 15 is 0 Å². The first-order valence-electron chi connectivity index (χ1n) is 8.71. The van der Waals surface area contributed by atoms with Crippen LogP contribution in [0.2, 0.25) is 0 Å². The van der Waals surface area contributed by atoms with Crippen LogP contribution in [0.5, 0.6) is 0 Å². The van der Waals surface area contributed by atoms with Gasteiger partial charge < -0.3 is 28.6 Å². The van der Waals surface area contributed by atoms with Gasteiger partial charge in [0.1, 0.15) is 11.0 Å². The number of halogens is 1. The fourth-order valence-corrected chi connectivity index (χ4v) is 3.15. The van der Waals surface area contributed by atoms with Crippen LogP contribution in [-0.2, 0) is 0 Å². The van der Waals surface area contributed by atoms with E-state index in [0.717, 1.165) is 40.0 Å². The Kier molecular flexibility index (Phi) is 5.74. The van der Waals surface area contributed by atoms with E-state index in [-0.39, 0.29) is 19.0 Å². The number of nitrogen functional groups attached to an aromatic ring is 1. The Bertz CT molecular complexity index is 1070. The second-order valence-corrected chi connectivity index (χ2v) is 6.24. The molecule has 0 bridgehead atoms. The van der Waals surface area contributed by atoms with Gasteiger partial charge in [-0.1, -0.05) is 18.2 Å². The van der Waals surface area contributed by atoms with Crippen molar-refractivity contribution >= 4 is 33.4 Å². The number of nitrogens with zero attached hydrogens (tertiary/aromatic N) is 2. The van der Waals surface area contributed by atoms with Crippen LogP contribution in [-0.4, -0.2) is 23.2 Å². The minimum absolute atomic E-state index is 0. The zero-order chi connectivity index (χ0) is 17.9. The number of fused-ring (bicyclic) bond motifs is 2. The molecule has 0 saturated heterocycles. The predicted molar refractivity (Wildman–Crippen MR) is 105 cm³/mol. The SMILES string of the molecule is Nc1ccc2nc3ccc(NCCCO)cc3[n+](-c3ccccc3)c2c1.[Cl-]. The van der Waals surface area contributed by atoms with Gasteiger partial charge in [-0.05, 0) is 30.7 Å². The largest absolute Gasteiger partial charge is 1.00 e. The van der Waals surface area contributed by atoms with Crippen LogP contribution in [0.25, 0.3) is 27.8 Å². The summed E-state index contributed by atoms with van der Waals surface area (Å²) in [5.74, 6) is 0. The monoisotopic (exact) mass is 380 g/mol. The van der Waals surface area contributed by atoms with Crippen LogP contribution in [0, 0.1) is 0 Å². The summed E-state index contributed by atoms with van der Waals surface area (Å²) in [6.45, 7) is 0.900. The third kappa shape index (κ3) is 3.79. The van der Waals surface area contributed by atoms with Crippen molar-refractivity contribution in [3.63, 3.8) is 0 Å². The highest BCUT2D eigenvalue weighted by molar-refractivity contribution is 5.85. The second kappa shape index (κ2) is 8.20. The maximum absolute atomic E-state index is 8.99. The number of hydrogen-bond donors (Lipinski definition) is 3. The van der Waals surface area contributed by atoms with Gasteiger partial charge in [0.05, 0.1) is 0 Å². The molecule has 0 aliphatic heterocycles. The van der Waals surface area contributed by atoms with E-state index in [1.807, 2.05) is 48.5 Å². The minimum atomic E-state index is 0. The molecule has 0 aliphatic rings. The summed E-state index contributed by atoms with van der Waals surface area (Å²) < 4.78 is 2.19. The molecule has 1 aromatic heterocycles. The molecule has 3 aromatic carbocycles. The topological polar surface area (TPSA) is 75.0 Å². The first kappa shape index (κ1) is 18.9. The van der Waals surface area contributed by atoms with E-state index in [4.69, 9.17) is 15.8 Å². The molecule has 0 aliphatic carbocycles. The van der Waals surface area contributed by atoms with Crippen LogP contribution in [0.3, 0.4) is 0 Å². The molecule has 0 atom stereocenters. The Hall–Kier alpha value is -2.89. The lowest BCUT2D eigenvalue weighted by Gasteiger charge is -2.08. The van der Waals surface area contributed by atoms with Crippen LogP contribution in [0.1, 0.15) is 6.42 Å². The first-order chi connectivity index (χ1) is 12.8. The van der Waals surface area contributed by atoms with Crippen LogP contribution < -0.4 is 28.0 Å². The zero-order valence-electron chi connectivity index (χ0n) is 14.8. The van der Waals surface area contributed by atoms with E-state index in [2.05, 4.69) is 28.1 Å². The Balaban J connectivity index is 0.00000210. The number of hydrogen-bond acceptors (Lipinski definition) is 4. The Labute approximate surface area is 163 Å². The molecule has 0 fully saturated rings. The fourth-order valence-electron chi connectivity index (χ4n) is 3.15. The number of benzene rings is 3. The normalized spacial score (nSPS) is 10.7. The van der Waals surface area contributed by atoms with Gasteiger partial charge in [-0.2, -0.15) is 0 Å². The zero-order valence-corrected chi connectivity index (χ0v) is 15.5. The molecule has 0 amide bonds. The summed E-state index contributed by atoms with van der Waals surface area (Å²) in [4.78, 5) is 4.80. The van der Waals surface area contributed by atoms with Crippen LogP contribution in [0.4, 0.5) is 11.4 Å². The van der Waals surface area contributed by atoms with Crippen molar-refractivity contribution in [3.8, 4) is 5.69 Å². The molecule has 6 heteroatoms. The minimum Gasteiger partial charge on any atom is -1.00 e. The van der Waals surface area contributed by atoms with Gasteiger partial charge >= 0.3 is 0 Å². The molecule has 5 nitrogen and oxygen atoms in total. The number of nitrogens with two attached hydrogens (primary N) is 1. The maximum Gasteiger partial charge on any atom is 0.239 e. The molecule has 0 unspecified atom stereocenters. The molecule has 0 radical (unpaired) electrons. The van der Waals surface area contributed by atoms with Gasteiger partial charge in [0, 0.05) is 48.8 Å². The lowest BCUT2D eigenvalue weighted by Crippen LogP contribution is -3.00. The van der Waals surface area contributed by atoms with Crippen molar-refractivity contribution in [1.29, 1.82) is 0 Å². The number of para-hydroxylation sites is 1. The molecular formula is C21H21ClN4O. The Morgan fingerprint density at radius 2 is 1.63 bits per heavy atom. The standard InChI is InChI=1S/C21H20N4O.ClH/c22-15-7-9-18-20(13-15)25(17-5-2-1-3-6-17)21-14-16(23-11-4-12-26)8-10-19(21)24-18;/h1-3,5-10,13-14,26H,4,11-12H2,(H2,22,23);1H. The van der Waals surface area contributed by atoms with Crippen molar-refractivity contribution in [3.05, 3.63) is 66.7 Å². The number of nitrogens with one attached hydrogen (secondary N) is 1. The number of aliphatic hydroxyl groups is 1. The Morgan fingerprint density at radius 1 is 0.926 bits per heavy atom. The number of aromatic nitrogens is 2. The smallest absolute Gasteiger partial charge is 0.239 e. The molecule has 4 N–H and O–H groups in total. The fraction of sp³-hybridized carbons (Fsp3) is 0.143. The van der Waals surface area contributed by atoms with E-state index in [1.54, 1.807) is 0 Å².